The van der Waals surface area contributed by atoms with Crippen molar-refractivity contribution in [1.29, 1.82) is 0 Å². The van der Waals surface area contributed by atoms with Crippen LogP contribution < -0.4 is 10.1 Å². The van der Waals surface area contributed by atoms with E-state index in [0.717, 1.165) is 10.6 Å². The summed E-state index contributed by atoms with van der Waals surface area (Å²) < 4.78 is 5.05. The Morgan fingerprint density at radius 2 is 2.00 bits per heavy atom. The molecule has 0 atom stereocenters. The topological polar surface area (TPSA) is 51.2 Å². The van der Waals surface area contributed by atoms with Crippen LogP contribution in [0.1, 0.15) is 35.0 Å². The molecule has 100 valence electrons. The van der Waals surface area contributed by atoms with Crippen molar-refractivity contribution in [3.63, 3.8) is 0 Å². The van der Waals surface area contributed by atoms with Gasteiger partial charge in [0.05, 0.1) is 7.11 Å². The molecule has 0 saturated carbocycles. The standard InChI is InChI=1S/C14H16N2O2S/c1-9(2)12-8-15-14(19-12)16-13(17)10-4-6-11(18-3)7-5-10/h4-9H,1-3H3,(H,15,16,17). The monoisotopic (exact) mass is 276 g/mol. The first-order valence-corrected chi connectivity index (χ1v) is 6.83. The Hall–Kier alpha value is -1.88. The largest absolute Gasteiger partial charge is 0.497 e. The molecule has 1 aromatic heterocycles. The number of hydrogen-bond acceptors (Lipinski definition) is 4. The van der Waals surface area contributed by atoms with Crippen LogP contribution in [0.15, 0.2) is 30.5 Å². The lowest BCUT2D eigenvalue weighted by Crippen LogP contribution is -2.11. The summed E-state index contributed by atoms with van der Waals surface area (Å²) in [6, 6.07) is 6.98. The summed E-state index contributed by atoms with van der Waals surface area (Å²) in [6.07, 6.45) is 1.80. The van der Waals surface area contributed by atoms with Gasteiger partial charge >= 0.3 is 0 Å². The molecule has 0 radical (unpaired) electrons. The van der Waals surface area contributed by atoms with Crippen LogP contribution in [0, 0.1) is 0 Å². The zero-order valence-electron chi connectivity index (χ0n) is 11.1. The molecule has 1 amide bonds. The van der Waals surface area contributed by atoms with Crippen LogP contribution in [-0.4, -0.2) is 18.0 Å². The number of ether oxygens (including phenoxy) is 1. The van der Waals surface area contributed by atoms with Crippen molar-refractivity contribution in [3.8, 4) is 5.75 Å². The van der Waals surface area contributed by atoms with Gasteiger partial charge in [0.15, 0.2) is 5.13 Å². The van der Waals surface area contributed by atoms with E-state index >= 15 is 0 Å². The highest BCUT2D eigenvalue weighted by Gasteiger charge is 2.10. The molecule has 1 N–H and O–H groups in total. The maximum Gasteiger partial charge on any atom is 0.257 e. The van der Waals surface area contributed by atoms with Gasteiger partial charge < -0.3 is 4.74 Å². The van der Waals surface area contributed by atoms with Crippen molar-refractivity contribution in [1.82, 2.24) is 4.98 Å². The Labute approximate surface area is 116 Å². The lowest BCUT2D eigenvalue weighted by atomic mass is 10.2. The number of nitrogens with zero attached hydrogens (tertiary/aromatic N) is 1. The molecular formula is C14H16N2O2S. The molecule has 0 unspecified atom stereocenters. The minimum atomic E-state index is -0.160. The molecule has 0 aliphatic heterocycles. The normalized spacial score (nSPS) is 10.5. The van der Waals surface area contributed by atoms with Gasteiger partial charge in [0, 0.05) is 16.6 Å². The summed E-state index contributed by atoms with van der Waals surface area (Å²) in [4.78, 5) is 17.4. The average molecular weight is 276 g/mol. The number of carbonyl (C=O) groups is 1. The van der Waals surface area contributed by atoms with E-state index in [4.69, 9.17) is 4.74 Å². The first-order chi connectivity index (χ1) is 9.10. The second kappa shape index (κ2) is 5.84. The molecule has 1 aromatic carbocycles. The number of nitrogens with one attached hydrogen (secondary N) is 1. The summed E-state index contributed by atoms with van der Waals surface area (Å²) in [5.41, 5.74) is 0.585. The van der Waals surface area contributed by atoms with E-state index < -0.39 is 0 Å². The fourth-order valence-corrected chi connectivity index (χ4v) is 2.34. The van der Waals surface area contributed by atoms with Gasteiger partial charge in [-0.05, 0) is 30.2 Å². The van der Waals surface area contributed by atoms with Crippen LogP contribution in [0.4, 0.5) is 5.13 Å². The molecule has 2 rings (SSSR count). The molecule has 0 saturated heterocycles. The molecule has 1 heterocycles. The van der Waals surface area contributed by atoms with E-state index in [0.29, 0.717) is 16.6 Å². The number of methoxy groups -OCH3 is 1. The van der Waals surface area contributed by atoms with E-state index in [1.807, 2.05) is 0 Å². The van der Waals surface area contributed by atoms with Gasteiger partial charge in [0.1, 0.15) is 5.75 Å². The molecule has 4 nitrogen and oxygen atoms in total. The van der Waals surface area contributed by atoms with Crippen LogP contribution >= 0.6 is 11.3 Å². The smallest absolute Gasteiger partial charge is 0.257 e. The van der Waals surface area contributed by atoms with Crippen molar-refractivity contribution >= 4 is 22.4 Å². The van der Waals surface area contributed by atoms with Gasteiger partial charge in [0.25, 0.3) is 5.91 Å². The molecule has 5 heteroatoms. The average Bonchev–Trinajstić information content (AvgIpc) is 2.87. The Bertz CT molecular complexity index is 561. The summed E-state index contributed by atoms with van der Waals surface area (Å²) in [5, 5.41) is 3.43. The highest BCUT2D eigenvalue weighted by atomic mass is 32.1. The van der Waals surface area contributed by atoms with Crippen molar-refractivity contribution < 1.29 is 9.53 Å². The van der Waals surface area contributed by atoms with Crippen molar-refractivity contribution in [3.05, 3.63) is 40.9 Å². The zero-order valence-corrected chi connectivity index (χ0v) is 12.0. The zero-order chi connectivity index (χ0) is 13.8. The number of carbonyl (C=O) groups excluding carboxylic acids is 1. The number of amides is 1. The summed E-state index contributed by atoms with van der Waals surface area (Å²) in [7, 11) is 1.60. The molecule has 0 spiro atoms. The predicted molar refractivity (Wildman–Crippen MR) is 77.2 cm³/mol. The van der Waals surface area contributed by atoms with E-state index in [1.54, 1.807) is 37.6 Å². The van der Waals surface area contributed by atoms with Crippen LogP contribution in [-0.2, 0) is 0 Å². The molecular weight excluding hydrogens is 260 g/mol. The van der Waals surface area contributed by atoms with Crippen molar-refractivity contribution in [2.45, 2.75) is 19.8 Å². The van der Waals surface area contributed by atoms with Crippen LogP contribution in [0.5, 0.6) is 5.75 Å². The summed E-state index contributed by atoms with van der Waals surface area (Å²) >= 11 is 1.50. The number of anilines is 1. The van der Waals surface area contributed by atoms with Gasteiger partial charge in [-0.1, -0.05) is 13.8 Å². The van der Waals surface area contributed by atoms with Gasteiger partial charge in [-0.15, -0.1) is 11.3 Å². The van der Waals surface area contributed by atoms with Gasteiger partial charge in [0.2, 0.25) is 0 Å². The molecule has 0 aliphatic rings. The SMILES string of the molecule is COc1ccc(C(=O)Nc2ncc(C(C)C)s2)cc1. The maximum absolute atomic E-state index is 12.0. The minimum Gasteiger partial charge on any atom is -0.497 e. The molecule has 0 aliphatic carbocycles. The van der Waals surface area contributed by atoms with Gasteiger partial charge in [-0.3, -0.25) is 10.1 Å². The summed E-state index contributed by atoms with van der Waals surface area (Å²) in [6.45, 7) is 4.20. The Kier molecular flexibility index (Phi) is 4.16. The first kappa shape index (κ1) is 13.5. The van der Waals surface area contributed by atoms with Crippen molar-refractivity contribution in [2.24, 2.45) is 0 Å². The maximum atomic E-state index is 12.0. The van der Waals surface area contributed by atoms with E-state index in [9.17, 15) is 4.79 Å². The van der Waals surface area contributed by atoms with Crippen molar-refractivity contribution in [2.75, 3.05) is 12.4 Å². The molecule has 0 bridgehead atoms. The third-order valence-corrected chi connectivity index (χ3v) is 3.88. The number of rotatable bonds is 4. The van der Waals surface area contributed by atoms with Gasteiger partial charge in [-0.2, -0.15) is 0 Å². The second-order valence-electron chi connectivity index (χ2n) is 4.41. The lowest BCUT2D eigenvalue weighted by Gasteiger charge is -2.03. The van der Waals surface area contributed by atoms with Crippen LogP contribution in [0.25, 0.3) is 0 Å². The van der Waals surface area contributed by atoms with E-state index in [-0.39, 0.29) is 5.91 Å². The van der Waals surface area contributed by atoms with Crippen LogP contribution in [0.2, 0.25) is 0 Å². The molecule has 19 heavy (non-hydrogen) atoms. The number of hydrogen-bond donors (Lipinski definition) is 1. The second-order valence-corrected chi connectivity index (χ2v) is 5.47. The van der Waals surface area contributed by atoms with E-state index in [2.05, 4.69) is 24.1 Å². The number of thiazole rings is 1. The highest BCUT2D eigenvalue weighted by Crippen LogP contribution is 2.25. The Morgan fingerprint density at radius 3 is 2.53 bits per heavy atom. The highest BCUT2D eigenvalue weighted by molar-refractivity contribution is 7.15. The van der Waals surface area contributed by atoms with Gasteiger partial charge in [-0.25, -0.2) is 4.98 Å². The minimum absolute atomic E-state index is 0.160. The van der Waals surface area contributed by atoms with Crippen LogP contribution in [0.3, 0.4) is 0 Å². The summed E-state index contributed by atoms with van der Waals surface area (Å²) in [5.74, 6) is 0.990. The Balaban J connectivity index is 2.06. The Morgan fingerprint density at radius 1 is 1.32 bits per heavy atom. The quantitative estimate of drug-likeness (QED) is 0.929. The first-order valence-electron chi connectivity index (χ1n) is 6.01. The lowest BCUT2D eigenvalue weighted by molar-refractivity contribution is 0.102. The predicted octanol–water partition coefficient (Wildman–Crippen LogP) is 3.53. The molecule has 2 aromatic rings. The van der Waals surface area contributed by atoms with E-state index in [1.165, 1.54) is 11.3 Å². The number of benzene rings is 1. The fraction of sp³-hybridized carbons (Fsp3) is 0.286. The fourth-order valence-electron chi connectivity index (χ4n) is 1.52. The third-order valence-electron chi connectivity index (χ3n) is 2.67. The molecule has 0 fully saturated rings. The number of aromatic nitrogens is 1. The third kappa shape index (κ3) is 3.32.